The Labute approximate surface area is 78.1 Å². The maximum absolute atomic E-state index is 11.0. The summed E-state index contributed by atoms with van der Waals surface area (Å²) in [7, 11) is 0. The molecule has 0 aliphatic rings. The molecule has 2 nitrogen and oxygen atoms in total. The first-order valence-corrected chi connectivity index (χ1v) is 4.19. The number of amides is 1. The fourth-order valence-electron chi connectivity index (χ4n) is 1.28. The summed E-state index contributed by atoms with van der Waals surface area (Å²) >= 11 is 0. The van der Waals surface area contributed by atoms with Crippen LogP contribution in [0.25, 0.3) is 6.08 Å². The topological polar surface area (TPSA) is 43.1 Å². The van der Waals surface area contributed by atoms with Gasteiger partial charge >= 0.3 is 0 Å². The zero-order valence-corrected chi connectivity index (χ0v) is 7.87. The number of carbonyl (C=O) groups excluding carboxylic acids is 1. The average molecular weight is 175 g/mol. The summed E-state index contributed by atoms with van der Waals surface area (Å²) in [6.45, 7) is 3.84. The van der Waals surface area contributed by atoms with Crippen LogP contribution < -0.4 is 5.73 Å². The lowest BCUT2D eigenvalue weighted by atomic mass is 10.0. The zero-order chi connectivity index (χ0) is 9.84. The van der Waals surface area contributed by atoms with E-state index in [4.69, 9.17) is 5.73 Å². The lowest BCUT2D eigenvalue weighted by molar-refractivity contribution is 0.0999. The van der Waals surface area contributed by atoms with Crippen LogP contribution in [0.1, 0.15) is 28.4 Å². The van der Waals surface area contributed by atoms with E-state index in [0.717, 1.165) is 11.1 Å². The molecular weight excluding hydrogens is 162 g/mol. The quantitative estimate of drug-likeness (QED) is 0.735. The first-order valence-electron chi connectivity index (χ1n) is 4.19. The van der Waals surface area contributed by atoms with Gasteiger partial charge in [-0.2, -0.15) is 0 Å². The maximum atomic E-state index is 11.0. The molecule has 0 saturated carbocycles. The number of hydrogen-bond acceptors (Lipinski definition) is 1. The molecular formula is C11H13NO. The number of benzene rings is 1. The molecule has 2 heteroatoms. The number of primary amides is 1. The summed E-state index contributed by atoms with van der Waals surface area (Å²) < 4.78 is 0. The fourth-order valence-corrected chi connectivity index (χ4v) is 1.28. The predicted molar refractivity (Wildman–Crippen MR) is 54.4 cm³/mol. The van der Waals surface area contributed by atoms with Crippen molar-refractivity contribution in [1.82, 2.24) is 0 Å². The van der Waals surface area contributed by atoms with Gasteiger partial charge in [0.1, 0.15) is 0 Å². The van der Waals surface area contributed by atoms with Gasteiger partial charge in [0, 0.05) is 5.56 Å². The third-order valence-electron chi connectivity index (χ3n) is 1.99. The van der Waals surface area contributed by atoms with Crippen LogP contribution in [0.4, 0.5) is 0 Å². The van der Waals surface area contributed by atoms with Crippen molar-refractivity contribution >= 4 is 12.0 Å². The van der Waals surface area contributed by atoms with Crippen molar-refractivity contribution in [3.8, 4) is 0 Å². The van der Waals surface area contributed by atoms with Gasteiger partial charge in [0.15, 0.2) is 0 Å². The predicted octanol–water partition coefficient (Wildman–Crippen LogP) is 2.13. The summed E-state index contributed by atoms with van der Waals surface area (Å²) in [6, 6.07) is 5.54. The molecule has 1 aromatic carbocycles. The molecule has 2 N–H and O–H groups in total. The minimum Gasteiger partial charge on any atom is -0.366 e. The van der Waals surface area contributed by atoms with E-state index in [2.05, 4.69) is 0 Å². The van der Waals surface area contributed by atoms with Gasteiger partial charge in [-0.15, -0.1) is 0 Å². The van der Waals surface area contributed by atoms with E-state index >= 15 is 0 Å². The molecule has 68 valence electrons. The van der Waals surface area contributed by atoms with Gasteiger partial charge in [-0.25, -0.2) is 0 Å². The fraction of sp³-hybridized carbons (Fsp3) is 0.182. The number of rotatable bonds is 2. The maximum Gasteiger partial charge on any atom is 0.248 e. The van der Waals surface area contributed by atoms with Gasteiger partial charge in [-0.3, -0.25) is 4.79 Å². The zero-order valence-electron chi connectivity index (χ0n) is 7.87. The van der Waals surface area contributed by atoms with Crippen LogP contribution in [-0.2, 0) is 0 Å². The molecule has 0 unspecified atom stereocenters. The highest BCUT2D eigenvalue weighted by atomic mass is 16.1. The van der Waals surface area contributed by atoms with Gasteiger partial charge in [-0.1, -0.05) is 24.3 Å². The third kappa shape index (κ3) is 1.96. The summed E-state index contributed by atoms with van der Waals surface area (Å²) in [5, 5.41) is 0. The molecule has 13 heavy (non-hydrogen) atoms. The Bertz CT molecular complexity index is 353. The Kier molecular flexibility index (Phi) is 2.85. The van der Waals surface area contributed by atoms with Crippen molar-refractivity contribution in [3.63, 3.8) is 0 Å². The van der Waals surface area contributed by atoms with Gasteiger partial charge < -0.3 is 5.73 Å². The van der Waals surface area contributed by atoms with E-state index in [1.54, 1.807) is 6.07 Å². The van der Waals surface area contributed by atoms with Gasteiger partial charge in [-0.05, 0) is 31.0 Å². The molecule has 1 aromatic rings. The normalized spacial score (nSPS) is 10.6. The van der Waals surface area contributed by atoms with Gasteiger partial charge in [0.2, 0.25) is 5.91 Å². The average Bonchev–Trinajstić information content (AvgIpc) is 2.08. The summed E-state index contributed by atoms with van der Waals surface area (Å²) in [5.74, 6) is -0.371. The Hall–Kier alpha value is -1.57. The molecule has 1 amide bonds. The largest absolute Gasteiger partial charge is 0.366 e. The first kappa shape index (κ1) is 9.52. The van der Waals surface area contributed by atoms with Crippen LogP contribution in [0.5, 0.6) is 0 Å². The Balaban J connectivity index is 3.26. The Morgan fingerprint density at radius 3 is 2.69 bits per heavy atom. The van der Waals surface area contributed by atoms with Crippen LogP contribution in [-0.4, -0.2) is 5.91 Å². The highest BCUT2D eigenvalue weighted by molar-refractivity contribution is 5.95. The minimum absolute atomic E-state index is 0.371. The van der Waals surface area contributed by atoms with Crippen LogP contribution in [0.3, 0.4) is 0 Å². The third-order valence-corrected chi connectivity index (χ3v) is 1.99. The Morgan fingerprint density at radius 2 is 2.15 bits per heavy atom. The number of carbonyl (C=O) groups is 1. The van der Waals surface area contributed by atoms with Crippen molar-refractivity contribution in [1.29, 1.82) is 0 Å². The molecule has 0 spiro atoms. The summed E-state index contributed by atoms with van der Waals surface area (Å²) in [6.07, 6.45) is 3.90. The van der Waals surface area contributed by atoms with Crippen LogP contribution in [0.2, 0.25) is 0 Å². The van der Waals surface area contributed by atoms with Crippen LogP contribution >= 0.6 is 0 Å². The molecule has 0 radical (unpaired) electrons. The van der Waals surface area contributed by atoms with Crippen molar-refractivity contribution in [3.05, 3.63) is 41.0 Å². The van der Waals surface area contributed by atoms with E-state index in [1.165, 1.54) is 0 Å². The van der Waals surface area contributed by atoms with Crippen molar-refractivity contribution in [2.45, 2.75) is 13.8 Å². The molecule has 0 saturated heterocycles. The lowest BCUT2D eigenvalue weighted by Gasteiger charge is -2.04. The first-order chi connectivity index (χ1) is 6.16. The summed E-state index contributed by atoms with van der Waals surface area (Å²) in [4.78, 5) is 11.0. The number of hydrogen-bond donors (Lipinski definition) is 1. The van der Waals surface area contributed by atoms with Crippen LogP contribution in [0, 0.1) is 6.92 Å². The second-order valence-electron chi connectivity index (χ2n) is 2.88. The number of allylic oxidation sites excluding steroid dienone is 1. The molecule has 0 atom stereocenters. The van der Waals surface area contributed by atoms with E-state index in [-0.39, 0.29) is 5.91 Å². The van der Waals surface area contributed by atoms with E-state index < -0.39 is 0 Å². The monoisotopic (exact) mass is 175 g/mol. The molecule has 0 aliphatic heterocycles. The van der Waals surface area contributed by atoms with Crippen molar-refractivity contribution < 1.29 is 4.79 Å². The molecule has 0 aromatic heterocycles. The highest BCUT2D eigenvalue weighted by Crippen LogP contribution is 2.14. The van der Waals surface area contributed by atoms with E-state index in [1.807, 2.05) is 38.1 Å². The minimum atomic E-state index is -0.371. The second-order valence-corrected chi connectivity index (χ2v) is 2.88. The smallest absolute Gasteiger partial charge is 0.248 e. The molecule has 0 aliphatic carbocycles. The van der Waals surface area contributed by atoms with E-state index in [9.17, 15) is 4.79 Å². The Morgan fingerprint density at radius 1 is 1.46 bits per heavy atom. The highest BCUT2D eigenvalue weighted by Gasteiger charge is 2.05. The second kappa shape index (κ2) is 3.90. The van der Waals surface area contributed by atoms with Crippen LogP contribution in [0.15, 0.2) is 24.3 Å². The van der Waals surface area contributed by atoms with Gasteiger partial charge in [0.25, 0.3) is 0 Å². The SMILES string of the molecule is C/C=C\c1cccc(C(N)=O)c1C. The van der Waals surface area contributed by atoms with Gasteiger partial charge in [0.05, 0.1) is 0 Å². The molecule has 0 fully saturated rings. The molecule has 0 heterocycles. The van der Waals surface area contributed by atoms with E-state index in [0.29, 0.717) is 5.56 Å². The van der Waals surface area contributed by atoms with Crippen molar-refractivity contribution in [2.75, 3.05) is 0 Å². The van der Waals surface area contributed by atoms with Crippen molar-refractivity contribution in [2.24, 2.45) is 5.73 Å². The lowest BCUT2D eigenvalue weighted by Crippen LogP contribution is -2.12. The molecule has 0 bridgehead atoms. The standard InChI is InChI=1S/C11H13NO/c1-3-5-9-6-4-7-10(8(9)2)11(12)13/h3-7H,1-2H3,(H2,12,13)/b5-3-. The number of nitrogens with two attached hydrogens (primary N) is 1. The summed E-state index contributed by atoms with van der Waals surface area (Å²) in [5.41, 5.74) is 7.79. The molecule has 1 rings (SSSR count).